The van der Waals surface area contributed by atoms with Gasteiger partial charge >= 0.3 is 0 Å². The van der Waals surface area contributed by atoms with Crippen LogP contribution in [0.3, 0.4) is 0 Å². The van der Waals surface area contributed by atoms with Gasteiger partial charge in [-0.1, -0.05) is 11.6 Å². The molecule has 1 amide bonds. The lowest BCUT2D eigenvalue weighted by Gasteiger charge is -2.04. The molecule has 0 saturated heterocycles. The maximum absolute atomic E-state index is 11.4. The number of halogens is 1. The molecule has 0 atom stereocenters. The fourth-order valence-electron chi connectivity index (χ4n) is 1.40. The standard InChI is InChI=1S/C11H15ClN2OS/c12-10-4-3-9(16-10)5-6-13-11(15)7-14-8-1-2-8/h3-4,8,14H,1-2,5-7H2,(H,13,15). The Kier molecular flexibility index (Phi) is 4.21. The summed E-state index contributed by atoms with van der Waals surface area (Å²) < 4.78 is 0.803. The zero-order chi connectivity index (χ0) is 11.4. The Balaban J connectivity index is 1.57. The Labute approximate surface area is 104 Å². The molecule has 0 aromatic carbocycles. The molecule has 0 spiro atoms. The Morgan fingerprint density at radius 3 is 2.94 bits per heavy atom. The van der Waals surface area contributed by atoms with Crippen LogP contribution in [-0.4, -0.2) is 25.0 Å². The summed E-state index contributed by atoms with van der Waals surface area (Å²) in [5.41, 5.74) is 0. The van der Waals surface area contributed by atoms with Gasteiger partial charge < -0.3 is 10.6 Å². The van der Waals surface area contributed by atoms with Crippen LogP contribution in [0.1, 0.15) is 17.7 Å². The fourth-order valence-corrected chi connectivity index (χ4v) is 2.49. The monoisotopic (exact) mass is 258 g/mol. The van der Waals surface area contributed by atoms with Gasteiger partial charge in [0.1, 0.15) is 0 Å². The molecule has 3 nitrogen and oxygen atoms in total. The first-order chi connectivity index (χ1) is 7.74. The van der Waals surface area contributed by atoms with Crippen LogP contribution in [0.2, 0.25) is 4.34 Å². The first-order valence-electron chi connectivity index (χ1n) is 5.48. The predicted octanol–water partition coefficient (Wildman–Crippen LogP) is 1.81. The van der Waals surface area contributed by atoms with E-state index >= 15 is 0 Å². The topological polar surface area (TPSA) is 41.1 Å². The summed E-state index contributed by atoms with van der Waals surface area (Å²) in [5.74, 6) is 0.0783. The number of nitrogens with one attached hydrogen (secondary N) is 2. The smallest absolute Gasteiger partial charge is 0.233 e. The second kappa shape index (κ2) is 5.66. The molecule has 88 valence electrons. The van der Waals surface area contributed by atoms with Crippen molar-refractivity contribution in [1.82, 2.24) is 10.6 Å². The molecule has 0 bridgehead atoms. The third-order valence-electron chi connectivity index (χ3n) is 2.45. The van der Waals surface area contributed by atoms with Crippen LogP contribution in [0.4, 0.5) is 0 Å². The first-order valence-corrected chi connectivity index (χ1v) is 6.68. The molecule has 1 heterocycles. The van der Waals surface area contributed by atoms with Crippen molar-refractivity contribution in [3.8, 4) is 0 Å². The minimum absolute atomic E-state index is 0.0783. The average molecular weight is 259 g/mol. The number of hydrogen-bond acceptors (Lipinski definition) is 3. The SMILES string of the molecule is O=C(CNC1CC1)NCCc1ccc(Cl)s1. The maximum atomic E-state index is 11.4. The molecule has 1 aromatic heterocycles. The van der Waals surface area contributed by atoms with Gasteiger partial charge in [0.05, 0.1) is 10.9 Å². The van der Waals surface area contributed by atoms with E-state index in [1.54, 1.807) is 11.3 Å². The summed E-state index contributed by atoms with van der Waals surface area (Å²) in [4.78, 5) is 12.6. The van der Waals surface area contributed by atoms with Gasteiger partial charge in [-0.05, 0) is 31.4 Å². The van der Waals surface area contributed by atoms with Gasteiger partial charge in [-0.25, -0.2) is 0 Å². The molecule has 1 aliphatic carbocycles. The molecule has 16 heavy (non-hydrogen) atoms. The van der Waals surface area contributed by atoms with Gasteiger partial charge in [0.2, 0.25) is 5.91 Å². The summed E-state index contributed by atoms with van der Waals surface area (Å²) in [7, 11) is 0. The highest BCUT2D eigenvalue weighted by molar-refractivity contribution is 7.16. The van der Waals surface area contributed by atoms with E-state index in [2.05, 4.69) is 10.6 Å². The molecule has 0 aliphatic heterocycles. The van der Waals surface area contributed by atoms with Gasteiger partial charge in [0.15, 0.2) is 0 Å². The number of carbonyl (C=O) groups excluding carboxylic acids is 1. The second-order valence-electron chi connectivity index (χ2n) is 3.96. The van der Waals surface area contributed by atoms with Crippen LogP contribution in [-0.2, 0) is 11.2 Å². The quantitative estimate of drug-likeness (QED) is 0.817. The van der Waals surface area contributed by atoms with Crippen molar-refractivity contribution >= 4 is 28.8 Å². The molecule has 0 radical (unpaired) electrons. The molecule has 0 unspecified atom stereocenters. The minimum Gasteiger partial charge on any atom is -0.355 e. The highest BCUT2D eigenvalue weighted by Crippen LogP contribution is 2.21. The van der Waals surface area contributed by atoms with Crippen molar-refractivity contribution in [2.45, 2.75) is 25.3 Å². The predicted molar refractivity (Wildman–Crippen MR) is 67.1 cm³/mol. The van der Waals surface area contributed by atoms with E-state index in [9.17, 15) is 4.79 Å². The molecule has 2 N–H and O–H groups in total. The Bertz CT molecular complexity index is 363. The summed E-state index contributed by atoms with van der Waals surface area (Å²) in [6, 6.07) is 4.47. The summed E-state index contributed by atoms with van der Waals surface area (Å²) >= 11 is 7.38. The third-order valence-corrected chi connectivity index (χ3v) is 3.74. The molecule has 1 aromatic rings. The lowest BCUT2D eigenvalue weighted by Crippen LogP contribution is -2.35. The molecule has 2 rings (SSSR count). The van der Waals surface area contributed by atoms with Crippen molar-refractivity contribution < 1.29 is 4.79 Å². The largest absolute Gasteiger partial charge is 0.355 e. The van der Waals surface area contributed by atoms with Crippen LogP contribution < -0.4 is 10.6 Å². The first kappa shape index (κ1) is 11.9. The zero-order valence-electron chi connectivity index (χ0n) is 8.96. The van der Waals surface area contributed by atoms with Crippen LogP contribution in [0, 0.1) is 0 Å². The highest BCUT2D eigenvalue weighted by atomic mass is 35.5. The summed E-state index contributed by atoms with van der Waals surface area (Å²) in [5, 5.41) is 6.06. The van der Waals surface area contributed by atoms with Crippen LogP contribution in [0.25, 0.3) is 0 Å². The van der Waals surface area contributed by atoms with Crippen molar-refractivity contribution in [2.24, 2.45) is 0 Å². The van der Waals surface area contributed by atoms with Gasteiger partial charge in [0, 0.05) is 17.5 Å². The highest BCUT2D eigenvalue weighted by Gasteiger charge is 2.20. The Morgan fingerprint density at radius 2 is 2.31 bits per heavy atom. The molecule has 1 fully saturated rings. The van der Waals surface area contributed by atoms with Crippen LogP contribution in [0.5, 0.6) is 0 Å². The lowest BCUT2D eigenvalue weighted by atomic mass is 10.3. The van der Waals surface area contributed by atoms with Crippen molar-refractivity contribution in [2.75, 3.05) is 13.1 Å². The van der Waals surface area contributed by atoms with E-state index in [4.69, 9.17) is 11.6 Å². The van der Waals surface area contributed by atoms with Crippen molar-refractivity contribution in [3.05, 3.63) is 21.3 Å². The van der Waals surface area contributed by atoms with E-state index < -0.39 is 0 Å². The van der Waals surface area contributed by atoms with E-state index in [0.29, 0.717) is 19.1 Å². The zero-order valence-corrected chi connectivity index (χ0v) is 10.5. The second-order valence-corrected chi connectivity index (χ2v) is 5.76. The normalized spacial score (nSPS) is 15.1. The number of carbonyl (C=O) groups is 1. The van der Waals surface area contributed by atoms with Gasteiger partial charge in [-0.15, -0.1) is 11.3 Å². The molecular formula is C11H15ClN2OS. The molecule has 1 aliphatic rings. The van der Waals surface area contributed by atoms with E-state index in [-0.39, 0.29) is 5.91 Å². The van der Waals surface area contributed by atoms with E-state index in [0.717, 1.165) is 10.8 Å². The van der Waals surface area contributed by atoms with Gasteiger partial charge in [0.25, 0.3) is 0 Å². The fraction of sp³-hybridized carbons (Fsp3) is 0.545. The summed E-state index contributed by atoms with van der Waals surface area (Å²) in [6.07, 6.45) is 3.27. The number of thiophene rings is 1. The Hall–Kier alpha value is -0.580. The maximum Gasteiger partial charge on any atom is 0.233 e. The van der Waals surface area contributed by atoms with E-state index in [1.807, 2.05) is 12.1 Å². The lowest BCUT2D eigenvalue weighted by molar-refractivity contribution is -0.120. The molecular weight excluding hydrogens is 244 g/mol. The number of amides is 1. The molecule has 1 saturated carbocycles. The number of hydrogen-bond donors (Lipinski definition) is 2. The summed E-state index contributed by atoms with van der Waals surface area (Å²) in [6.45, 7) is 1.12. The minimum atomic E-state index is 0.0783. The van der Waals surface area contributed by atoms with Crippen molar-refractivity contribution in [1.29, 1.82) is 0 Å². The van der Waals surface area contributed by atoms with Crippen LogP contribution >= 0.6 is 22.9 Å². The van der Waals surface area contributed by atoms with Gasteiger partial charge in [-0.3, -0.25) is 4.79 Å². The Morgan fingerprint density at radius 1 is 1.50 bits per heavy atom. The van der Waals surface area contributed by atoms with Crippen LogP contribution in [0.15, 0.2) is 12.1 Å². The third kappa shape index (κ3) is 4.12. The van der Waals surface area contributed by atoms with E-state index in [1.165, 1.54) is 17.7 Å². The van der Waals surface area contributed by atoms with Crippen molar-refractivity contribution in [3.63, 3.8) is 0 Å². The number of rotatable bonds is 6. The molecule has 5 heteroatoms. The van der Waals surface area contributed by atoms with Gasteiger partial charge in [-0.2, -0.15) is 0 Å². The average Bonchev–Trinajstić information content (AvgIpc) is 2.99.